The fraction of sp³-hybridized carbons (Fsp3) is 0.167. The van der Waals surface area contributed by atoms with Crippen LogP contribution < -0.4 is 10.2 Å². The first-order chi connectivity index (χ1) is 14.2. The van der Waals surface area contributed by atoms with Crippen molar-refractivity contribution in [3.05, 3.63) is 100 Å². The summed E-state index contributed by atoms with van der Waals surface area (Å²) in [4.78, 5) is 12.1. The maximum absolute atomic E-state index is 12.1. The highest BCUT2D eigenvalue weighted by molar-refractivity contribution is 6.31. The molecular weight excluding hydrogens is 384 g/mol. The van der Waals surface area contributed by atoms with E-state index >= 15 is 0 Å². The van der Waals surface area contributed by atoms with E-state index in [4.69, 9.17) is 16.3 Å². The van der Waals surface area contributed by atoms with E-state index in [1.165, 1.54) is 5.56 Å². The number of hydrogen-bond acceptors (Lipinski definition) is 3. The Morgan fingerprint density at radius 1 is 1.00 bits per heavy atom. The van der Waals surface area contributed by atoms with E-state index in [9.17, 15) is 4.79 Å². The minimum atomic E-state index is -0.167. The Labute approximate surface area is 176 Å². The molecule has 0 saturated heterocycles. The second kappa shape index (κ2) is 10.4. The van der Waals surface area contributed by atoms with Gasteiger partial charge in [-0.2, -0.15) is 5.10 Å². The van der Waals surface area contributed by atoms with E-state index < -0.39 is 0 Å². The van der Waals surface area contributed by atoms with Crippen LogP contribution in [0.5, 0.6) is 5.75 Å². The maximum Gasteiger partial charge on any atom is 0.244 e. The first-order valence-electron chi connectivity index (χ1n) is 9.50. The summed E-state index contributed by atoms with van der Waals surface area (Å²) in [6.45, 7) is 2.46. The van der Waals surface area contributed by atoms with Crippen molar-refractivity contribution in [2.24, 2.45) is 5.10 Å². The molecule has 0 aliphatic carbocycles. The van der Waals surface area contributed by atoms with Crippen molar-refractivity contribution >= 4 is 23.7 Å². The average molecular weight is 407 g/mol. The number of halogens is 1. The summed E-state index contributed by atoms with van der Waals surface area (Å²) < 4.78 is 5.89. The highest BCUT2D eigenvalue weighted by atomic mass is 35.5. The number of ether oxygens (including phenoxy) is 1. The third-order valence-electron chi connectivity index (χ3n) is 4.45. The van der Waals surface area contributed by atoms with Crippen molar-refractivity contribution in [1.82, 2.24) is 5.43 Å². The van der Waals surface area contributed by atoms with Crippen LogP contribution >= 0.6 is 11.6 Å². The summed E-state index contributed by atoms with van der Waals surface area (Å²) in [6.07, 6.45) is 2.85. The molecule has 0 fully saturated rings. The zero-order chi connectivity index (χ0) is 20.5. The highest BCUT2D eigenvalue weighted by Gasteiger charge is 2.05. The molecule has 148 valence electrons. The highest BCUT2D eigenvalue weighted by Crippen LogP contribution is 2.20. The lowest BCUT2D eigenvalue weighted by molar-refractivity contribution is -0.120. The molecule has 4 nitrogen and oxygen atoms in total. The fourth-order valence-corrected chi connectivity index (χ4v) is 2.97. The van der Waals surface area contributed by atoms with Crippen LogP contribution in [0.1, 0.15) is 29.2 Å². The number of para-hydroxylation sites is 1. The summed E-state index contributed by atoms with van der Waals surface area (Å²) in [5.41, 5.74) is 6.46. The van der Waals surface area contributed by atoms with Gasteiger partial charge in [0, 0.05) is 16.1 Å². The molecule has 1 N–H and O–H groups in total. The molecule has 3 aromatic rings. The normalized spacial score (nSPS) is 10.8. The van der Waals surface area contributed by atoms with Crippen LogP contribution in [-0.2, 0) is 24.2 Å². The Morgan fingerprint density at radius 2 is 1.69 bits per heavy atom. The van der Waals surface area contributed by atoms with Crippen molar-refractivity contribution < 1.29 is 9.53 Å². The third kappa shape index (κ3) is 6.19. The molecule has 29 heavy (non-hydrogen) atoms. The number of carbonyl (C=O) groups excluding carboxylic acids is 1. The van der Waals surface area contributed by atoms with Gasteiger partial charge in [0.1, 0.15) is 12.4 Å². The lowest BCUT2D eigenvalue weighted by Gasteiger charge is -2.10. The molecule has 1 amide bonds. The minimum Gasteiger partial charge on any atom is -0.488 e. The van der Waals surface area contributed by atoms with E-state index in [1.54, 1.807) is 6.21 Å². The Kier molecular flexibility index (Phi) is 7.42. The zero-order valence-corrected chi connectivity index (χ0v) is 17.0. The smallest absolute Gasteiger partial charge is 0.244 e. The molecule has 0 bridgehead atoms. The first-order valence-corrected chi connectivity index (χ1v) is 9.88. The molecule has 0 heterocycles. The van der Waals surface area contributed by atoms with Gasteiger partial charge in [-0.3, -0.25) is 4.79 Å². The van der Waals surface area contributed by atoms with Crippen molar-refractivity contribution in [3.63, 3.8) is 0 Å². The Hall–Kier alpha value is -3.11. The van der Waals surface area contributed by atoms with E-state index in [-0.39, 0.29) is 12.3 Å². The van der Waals surface area contributed by atoms with Crippen LogP contribution in [0, 0.1) is 0 Å². The minimum absolute atomic E-state index is 0.167. The van der Waals surface area contributed by atoms with Crippen LogP contribution in [0.3, 0.4) is 0 Å². The van der Waals surface area contributed by atoms with Crippen LogP contribution in [-0.4, -0.2) is 12.1 Å². The monoisotopic (exact) mass is 406 g/mol. The lowest BCUT2D eigenvalue weighted by atomic mass is 10.1. The molecule has 0 spiro atoms. The molecule has 0 saturated carbocycles. The number of rotatable bonds is 8. The predicted molar refractivity (Wildman–Crippen MR) is 117 cm³/mol. The van der Waals surface area contributed by atoms with Gasteiger partial charge < -0.3 is 4.74 Å². The zero-order valence-electron chi connectivity index (χ0n) is 16.3. The lowest BCUT2D eigenvalue weighted by Crippen LogP contribution is -2.19. The molecule has 0 aliphatic rings. The quantitative estimate of drug-likeness (QED) is 0.414. The second-order valence-electron chi connectivity index (χ2n) is 6.56. The SMILES string of the molecule is CCc1ccc(CC(=O)N/N=C/c2ccccc2OCc2ccccc2Cl)cc1. The van der Waals surface area contributed by atoms with Gasteiger partial charge in [-0.1, -0.05) is 73.1 Å². The van der Waals surface area contributed by atoms with Gasteiger partial charge >= 0.3 is 0 Å². The number of amides is 1. The summed E-state index contributed by atoms with van der Waals surface area (Å²) >= 11 is 6.18. The topological polar surface area (TPSA) is 50.7 Å². The van der Waals surface area contributed by atoms with Crippen molar-refractivity contribution in [2.75, 3.05) is 0 Å². The number of hydrazone groups is 1. The van der Waals surface area contributed by atoms with Crippen molar-refractivity contribution in [1.29, 1.82) is 0 Å². The third-order valence-corrected chi connectivity index (χ3v) is 4.82. The molecule has 0 aromatic heterocycles. The second-order valence-corrected chi connectivity index (χ2v) is 6.97. The van der Waals surface area contributed by atoms with E-state index in [1.807, 2.05) is 72.8 Å². The molecule has 0 unspecified atom stereocenters. The van der Waals surface area contributed by atoms with Crippen LogP contribution in [0.2, 0.25) is 5.02 Å². The molecule has 3 aromatic carbocycles. The van der Waals surface area contributed by atoms with E-state index in [0.29, 0.717) is 17.4 Å². The molecule has 0 atom stereocenters. The Morgan fingerprint density at radius 3 is 2.45 bits per heavy atom. The van der Waals surface area contributed by atoms with Gasteiger partial charge in [-0.15, -0.1) is 0 Å². The summed E-state index contributed by atoms with van der Waals surface area (Å²) in [7, 11) is 0. The van der Waals surface area contributed by atoms with Crippen molar-refractivity contribution in [3.8, 4) is 5.75 Å². The number of aryl methyl sites for hydroxylation is 1. The van der Waals surface area contributed by atoms with Crippen LogP contribution in [0.15, 0.2) is 77.9 Å². The van der Waals surface area contributed by atoms with Gasteiger partial charge in [-0.25, -0.2) is 5.43 Å². The summed E-state index contributed by atoms with van der Waals surface area (Å²) in [6, 6.07) is 23.1. The standard InChI is InChI=1S/C24H23ClN2O2/c1-2-18-11-13-19(14-12-18)15-24(28)27-26-16-20-7-4-6-10-23(20)29-17-21-8-3-5-9-22(21)25/h3-14,16H,2,15,17H2,1H3,(H,27,28)/b26-16+. The largest absolute Gasteiger partial charge is 0.488 e. The fourth-order valence-electron chi connectivity index (χ4n) is 2.78. The van der Waals surface area contributed by atoms with E-state index in [0.717, 1.165) is 23.1 Å². The van der Waals surface area contributed by atoms with Gasteiger partial charge in [-0.05, 0) is 35.7 Å². The average Bonchev–Trinajstić information content (AvgIpc) is 2.74. The van der Waals surface area contributed by atoms with Gasteiger partial charge in [0.15, 0.2) is 0 Å². The number of nitrogens with zero attached hydrogens (tertiary/aromatic N) is 1. The first kappa shape index (κ1) is 20.6. The Balaban J connectivity index is 1.57. The van der Waals surface area contributed by atoms with Gasteiger partial charge in [0.05, 0.1) is 12.6 Å². The number of nitrogens with one attached hydrogen (secondary N) is 1. The Bertz CT molecular complexity index is 984. The predicted octanol–water partition coefficient (Wildman–Crippen LogP) is 5.17. The number of benzene rings is 3. The molecular formula is C24H23ClN2O2. The van der Waals surface area contributed by atoms with Gasteiger partial charge in [0.25, 0.3) is 0 Å². The number of hydrogen-bond donors (Lipinski definition) is 1. The van der Waals surface area contributed by atoms with Gasteiger partial charge in [0.2, 0.25) is 5.91 Å². The maximum atomic E-state index is 12.1. The molecule has 0 radical (unpaired) electrons. The number of carbonyl (C=O) groups is 1. The van der Waals surface area contributed by atoms with Crippen LogP contribution in [0.25, 0.3) is 0 Å². The molecule has 5 heteroatoms. The summed E-state index contributed by atoms with van der Waals surface area (Å²) in [5, 5.41) is 4.74. The molecule has 3 rings (SSSR count). The summed E-state index contributed by atoms with van der Waals surface area (Å²) in [5.74, 6) is 0.500. The van der Waals surface area contributed by atoms with Crippen molar-refractivity contribution in [2.45, 2.75) is 26.4 Å². The van der Waals surface area contributed by atoms with E-state index in [2.05, 4.69) is 17.5 Å². The van der Waals surface area contributed by atoms with Crippen LogP contribution in [0.4, 0.5) is 0 Å². The molecule has 0 aliphatic heterocycles.